The third-order valence-electron chi connectivity index (χ3n) is 6.18. The number of halogens is 2. The number of piperazine rings is 1. The van der Waals surface area contributed by atoms with E-state index >= 15 is 0 Å². The summed E-state index contributed by atoms with van der Waals surface area (Å²) in [5.41, 5.74) is 1.82. The standard InChI is InChI=1S/C24H22ClFN4O3/c1-2-21(32)29-10-9-28-13-17-19(30-8-4-7-27-30)11-16(22-18(26)5-3-6-20(22)31)23(25)24(17)33-14-15(28)12-29/h2-8,11,15,31H,1,9-10,12-14H2/t15-/m1/s1. The van der Waals surface area contributed by atoms with Crippen LogP contribution in [0.25, 0.3) is 16.8 Å². The fourth-order valence-electron chi connectivity index (χ4n) is 4.51. The van der Waals surface area contributed by atoms with Crippen LogP contribution in [-0.4, -0.2) is 62.9 Å². The van der Waals surface area contributed by atoms with Crippen LogP contribution in [0.5, 0.6) is 11.5 Å². The molecule has 7 nitrogen and oxygen atoms in total. The zero-order valence-electron chi connectivity index (χ0n) is 17.7. The highest BCUT2D eigenvalue weighted by Crippen LogP contribution is 2.46. The van der Waals surface area contributed by atoms with E-state index in [0.717, 1.165) is 5.56 Å². The van der Waals surface area contributed by atoms with Crippen molar-refractivity contribution >= 4 is 17.5 Å². The number of phenolic OH excluding ortho intramolecular Hbond substituents is 1. The van der Waals surface area contributed by atoms with Crippen molar-refractivity contribution in [2.24, 2.45) is 0 Å². The summed E-state index contributed by atoms with van der Waals surface area (Å²) >= 11 is 6.78. The minimum absolute atomic E-state index is 0.00651. The average molecular weight is 469 g/mol. The van der Waals surface area contributed by atoms with E-state index in [4.69, 9.17) is 16.3 Å². The molecule has 3 heterocycles. The largest absolute Gasteiger partial charge is 0.507 e. The van der Waals surface area contributed by atoms with Crippen molar-refractivity contribution < 1.29 is 19.0 Å². The highest BCUT2D eigenvalue weighted by atomic mass is 35.5. The van der Waals surface area contributed by atoms with E-state index in [1.165, 1.54) is 24.3 Å². The number of rotatable bonds is 3. The highest BCUT2D eigenvalue weighted by Gasteiger charge is 2.35. The second kappa shape index (κ2) is 8.53. The van der Waals surface area contributed by atoms with Crippen molar-refractivity contribution in [3.05, 3.63) is 71.8 Å². The number of nitrogens with zero attached hydrogens (tertiary/aromatic N) is 4. The van der Waals surface area contributed by atoms with Gasteiger partial charge < -0.3 is 14.7 Å². The molecule has 3 aromatic rings. The molecule has 9 heteroatoms. The summed E-state index contributed by atoms with van der Waals surface area (Å²) in [6, 6.07) is 7.61. The summed E-state index contributed by atoms with van der Waals surface area (Å²) < 4.78 is 22.6. The number of benzene rings is 2. The molecule has 1 N–H and O–H groups in total. The molecule has 1 amide bonds. The van der Waals surface area contributed by atoms with Crippen molar-refractivity contribution in [3.63, 3.8) is 0 Å². The average Bonchev–Trinajstić information content (AvgIpc) is 3.27. The molecule has 0 bridgehead atoms. The van der Waals surface area contributed by atoms with Crippen LogP contribution in [-0.2, 0) is 11.3 Å². The molecule has 0 saturated carbocycles. The van der Waals surface area contributed by atoms with Gasteiger partial charge in [0.1, 0.15) is 23.9 Å². The fourth-order valence-corrected chi connectivity index (χ4v) is 4.83. The first-order valence-corrected chi connectivity index (χ1v) is 11.0. The van der Waals surface area contributed by atoms with E-state index in [2.05, 4.69) is 16.6 Å². The van der Waals surface area contributed by atoms with Crippen LogP contribution in [0.3, 0.4) is 0 Å². The van der Waals surface area contributed by atoms with Gasteiger partial charge in [0, 0.05) is 49.7 Å². The van der Waals surface area contributed by atoms with Gasteiger partial charge in [-0.2, -0.15) is 5.10 Å². The lowest BCUT2D eigenvalue weighted by atomic mass is 9.99. The summed E-state index contributed by atoms with van der Waals surface area (Å²) in [6.45, 7) is 6.17. The maximum atomic E-state index is 14.8. The first kappa shape index (κ1) is 21.5. The number of carbonyl (C=O) groups excluding carboxylic acids is 1. The Bertz CT molecular complexity index is 1210. The van der Waals surface area contributed by atoms with E-state index in [-0.39, 0.29) is 28.3 Å². The lowest BCUT2D eigenvalue weighted by Crippen LogP contribution is -2.55. The van der Waals surface area contributed by atoms with Crippen molar-refractivity contribution in [2.75, 3.05) is 26.2 Å². The molecule has 0 unspecified atom stereocenters. The van der Waals surface area contributed by atoms with Gasteiger partial charge >= 0.3 is 0 Å². The Morgan fingerprint density at radius 2 is 2.18 bits per heavy atom. The Labute approximate surface area is 195 Å². The number of hydrogen-bond acceptors (Lipinski definition) is 5. The molecule has 5 rings (SSSR count). The van der Waals surface area contributed by atoms with E-state index in [0.29, 0.717) is 49.8 Å². The lowest BCUT2D eigenvalue weighted by Gasteiger charge is -2.39. The van der Waals surface area contributed by atoms with Crippen molar-refractivity contribution in [1.82, 2.24) is 19.6 Å². The van der Waals surface area contributed by atoms with Gasteiger partial charge in [-0.1, -0.05) is 24.2 Å². The molecule has 1 saturated heterocycles. The molecule has 0 spiro atoms. The van der Waals surface area contributed by atoms with Crippen molar-refractivity contribution in [1.29, 1.82) is 0 Å². The zero-order valence-corrected chi connectivity index (χ0v) is 18.5. The van der Waals surface area contributed by atoms with Gasteiger partial charge in [-0.3, -0.25) is 9.69 Å². The second-order valence-electron chi connectivity index (χ2n) is 8.07. The Kier molecular flexibility index (Phi) is 5.55. The van der Waals surface area contributed by atoms with Gasteiger partial charge in [0.2, 0.25) is 5.91 Å². The van der Waals surface area contributed by atoms with E-state index in [1.54, 1.807) is 34.1 Å². The number of hydrogen-bond donors (Lipinski definition) is 1. The van der Waals surface area contributed by atoms with E-state index in [9.17, 15) is 14.3 Å². The zero-order chi connectivity index (χ0) is 23.1. The number of amides is 1. The minimum Gasteiger partial charge on any atom is -0.507 e. The summed E-state index contributed by atoms with van der Waals surface area (Å²) in [6.07, 6.45) is 4.76. The third kappa shape index (κ3) is 3.75. The summed E-state index contributed by atoms with van der Waals surface area (Å²) in [5.74, 6) is -0.483. The summed E-state index contributed by atoms with van der Waals surface area (Å²) in [4.78, 5) is 16.1. The number of aromatic nitrogens is 2. The van der Waals surface area contributed by atoms with Crippen LogP contribution >= 0.6 is 11.6 Å². The second-order valence-corrected chi connectivity index (χ2v) is 8.45. The Morgan fingerprint density at radius 3 is 2.91 bits per heavy atom. The number of ether oxygens (including phenoxy) is 1. The van der Waals surface area contributed by atoms with E-state index in [1.807, 2.05) is 0 Å². The minimum atomic E-state index is -0.590. The van der Waals surface area contributed by atoms with Crippen LogP contribution in [0, 0.1) is 5.82 Å². The first-order valence-electron chi connectivity index (χ1n) is 10.6. The van der Waals surface area contributed by atoms with Crippen LogP contribution in [0.4, 0.5) is 4.39 Å². The predicted octanol–water partition coefficient (Wildman–Crippen LogP) is 3.63. The molecule has 0 aliphatic carbocycles. The Morgan fingerprint density at radius 1 is 1.33 bits per heavy atom. The predicted molar refractivity (Wildman–Crippen MR) is 122 cm³/mol. The van der Waals surface area contributed by atoms with Crippen LogP contribution in [0.15, 0.2) is 55.4 Å². The van der Waals surface area contributed by atoms with Gasteiger partial charge in [0.05, 0.1) is 22.3 Å². The monoisotopic (exact) mass is 468 g/mol. The molecule has 2 aliphatic heterocycles. The van der Waals surface area contributed by atoms with Gasteiger partial charge in [-0.25, -0.2) is 9.07 Å². The fraction of sp³-hybridized carbons (Fsp3) is 0.250. The Balaban J connectivity index is 1.63. The van der Waals surface area contributed by atoms with Crippen molar-refractivity contribution in [3.8, 4) is 28.3 Å². The summed E-state index contributed by atoms with van der Waals surface area (Å²) in [7, 11) is 0. The van der Waals surface area contributed by atoms with Gasteiger partial charge in [0.15, 0.2) is 0 Å². The normalized spacial score (nSPS) is 18.1. The molecular weight excluding hydrogens is 447 g/mol. The first-order chi connectivity index (χ1) is 16.0. The Hall–Kier alpha value is -3.36. The molecule has 1 aromatic heterocycles. The lowest BCUT2D eigenvalue weighted by molar-refractivity contribution is -0.129. The molecule has 33 heavy (non-hydrogen) atoms. The smallest absolute Gasteiger partial charge is 0.246 e. The molecule has 2 aromatic carbocycles. The maximum Gasteiger partial charge on any atom is 0.246 e. The quantitative estimate of drug-likeness (QED) is 0.594. The van der Waals surface area contributed by atoms with E-state index < -0.39 is 5.82 Å². The van der Waals surface area contributed by atoms with Gasteiger partial charge in [-0.05, 0) is 30.3 Å². The van der Waals surface area contributed by atoms with Gasteiger partial charge in [-0.15, -0.1) is 0 Å². The maximum absolute atomic E-state index is 14.8. The van der Waals surface area contributed by atoms with Gasteiger partial charge in [0.25, 0.3) is 0 Å². The molecule has 2 aliphatic rings. The number of fused-ring (bicyclic) bond motifs is 2. The van der Waals surface area contributed by atoms with Crippen molar-refractivity contribution in [2.45, 2.75) is 12.6 Å². The number of phenols is 1. The molecular formula is C24H22ClFN4O3. The molecule has 0 radical (unpaired) electrons. The highest BCUT2D eigenvalue weighted by molar-refractivity contribution is 6.35. The third-order valence-corrected chi connectivity index (χ3v) is 6.56. The summed E-state index contributed by atoms with van der Waals surface area (Å²) in [5, 5.41) is 15.0. The number of carbonyl (C=O) groups is 1. The van der Waals surface area contributed by atoms with Crippen LogP contribution in [0.2, 0.25) is 5.02 Å². The number of aromatic hydroxyl groups is 1. The molecule has 1 atom stereocenters. The molecule has 1 fully saturated rings. The molecule has 170 valence electrons. The van der Waals surface area contributed by atoms with Crippen LogP contribution < -0.4 is 4.74 Å². The SMILES string of the molecule is C=CC(=O)N1CCN2Cc3c(-n4cccn4)cc(-c4c(O)cccc4F)c(Cl)c3OC[C@H]2C1. The topological polar surface area (TPSA) is 70.8 Å². The van der Waals surface area contributed by atoms with Crippen LogP contribution in [0.1, 0.15) is 5.56 Å².